The van der Waals surface area contributed by atoms with Crippen LogP contribution in [0.5, 0.6) is 0 Å². The minimum Gasteiger partial charge on any atom is -0.335 e. The van der Waals surface area contributed by atoms with Gasteiger partial charge in [-0.25, -0.2) is 59.8 Å². The smallest absolute Gasteiger partial charge is 0.143 e. The van der Waals surface area contributed by atoms with Crippen molar-refractivity contribution >= 4 is 87.9 Å². The van der Waals surface area contributed by atoms with Crippen molar-refractivity contribution in [1.82, 2.24) is 88.5 Å². The lowest BCUT2D eigenvalue weighted by atomic mass is 9.86. The van der Waals surface area contributed by atoms with Crippen LogP contribution < -0.4 is 0 Å². The van der Waals surface area contributed by atoms with Crippen LogP contribution in [0.15, 0.2) is 154 Å². The SMILES string of the molecule is Cc1cnc2ccc(C(C)(C)C)cc2n1.Cc1ncnc2c1c(C(C)(C)C)cn2C.Cc1ncnc2ccc(C(C)(C)C)cc12.Cc1ncnc2ccc(C(C)(C)C)nc12.Cc1ncnc2cnc(C(C)(C)C)cc12.Cn1cc(C(C)(C)C)c2cccnc21.Cn1cnc2cnc3ccc(C(C)(C)C)cc3c21. The lowest BCUT2D eigenvalue weighted by molar-refractivity contribution is 0.570. The predicted octanol–water partition coefficient (Wildman–Crippen LogP) is 20.6. The maximum Gasteiger partial charge on any atom is 0.143 e. The van der Waals surface area contributed by atoms with Crippen molar-refractivity contribution in [2.75, 3.05) is 0 Å². The number of benzene rings is 3. The number of rotatable bonds is 0. The molecule has 0 N–H and O–H groups in total. The maximum atomic E-state index is 4.62. The summed E-state index contributed by atoms with van der Waals surface area (Å²) >= 11 is 0. The summed E-state index contributed by atoms with van der Waals surface area (Å²) in [4.78, 5) is 64.9. The Kier molecular flexibility index (Phi) is 23.7. The molecule has 0 bridgehead atoms. The Hall–Kier alpha value is -10.5. The van der Waals surface area contributed by atoms with Crippen LogP contribution in [-0.4, -0.2) is 88.5 Å². The molecule has 0 radical (unpaired) electrons. The minimum absolute atomic E-state index is 0.0659. The fourth-order valence-electron chi connectivity index (χ4n) is 12.2. The molecule has 18 nitrogen and oxygen atoms in total. The third-order valence-corrected chi connectivity index (χ3v) is 18.9. The molecule has 0 aliphatic carbocycles. The first-order chi connectivity index (χ1) is 49.8. The van der Waals surface area contributed by atoms with Gasteiger partial charge in [0.1, 0.15) is 47.6 Å². The van der Waals surface area contributed by atoms with Gasteiger partial charge in [-0.2, -0.15) is 0 Å². The van der Waals surface area contributed by atoms with Gasteiger partial charge >= 0.3 is 0 Å². The minimum atomic E-state index is 0.0659. The number of hydrogen-bond acceptors (Lipinski definition) is 15. The first kappa shape index (κ1) is 80.6. The molecule has 12 aromatic heterocycles. The van der Waals surface area contributed by atoms with Crippen LogP contribution >= 0.6 is 0 Å². The van der Waals surface area contributed by atoms with Crippen LogP contribution in [-0.2, 0) is 59.0 Å². The summed E-state index contributed by atoms with van der Waals surface area (Å²) in [5.74, 6) is 0. The molecule has 18 heteroatoms. The molecular weight excluding hydrogens is 1320 g/mol. The Morgan fingerprint density at radius 3 is 1.36 bits per heavy atom. The summed E-state index contributed by atoms with van der Waals surface area (Å²) in [5, 5.41) is 5.90. The van der Waals surface area contributed by atoms with E-state index in [-0.39, 0.29) is 37.9 Å². The molecule has 15 rings (SSSR count). The van der Waals surface area contributed by atoms with E-state index in [1.807, 2.05) is 105 Å². The van der Waals surface area contributed by atoms with Crippen LogP contribution in [0, 0.1) is 34.6 Å². The zero-order valence-electron chi connectivity index (χ0n) is 69.0. The molecule has 0 fully saturated rings. The van der Waals surface area contributed by atoms with E-state index in [1.165, 1.54) is 44.0 Å². The van der Waals surface area contributed by atoms with Crippen LogP contribution in [0.4, 0.5) is 0 Å². The molecule has 0 unspecified atom stereocenters. The van der Waals surface area contributed by atoms with E-state index in [2.05, 4.69) is 307 Å². The van der Waals surface area contributed by atoms with Gasteiger partial charge in [0.25, 0.3) is 0 Å². The Balaban J connectivity index is 0.000000144. The zero-order chi connectivity index (χ0) is 78.7. The molecule has 0 aliphatic heterocycles. The molecule has 0 saturated heterocycles. The van der Waals surface area contributed by atoms with Crippen LogP contribution in [0.2, 0.25) is 0 Å². The van der Waals surface area contributed by atoms with Gasteiger partial charge in [0.2, 0.25) is 0 Å². The van der Waals surface area contributed by atoms with E-state index >= 15 is 0 Å². The van der Waals surface area contributed by atoms with Gasteiger partial charge in [-0.3, -0.25) is 15.0 Å². The number of aromatic nitrogens is 18. The molecule has 0 atom stereocenters. The van der Waals surface area contributed by atoms with Crippen molar-refractivity contribution in [2.24, 2.45) is 21.1 Å². The highest BCUT2D eigenvalue weighted by atomic mass is 15.0. The summed E-state index contributed by atoms with van der Waals surface area (Å²) in [7, 11) is 6.10. The lowest BCUT2D eigenvalue weighted by Crippen LogP contribution is -2.13. The molecule has 0 saturated carbocycles. The molecule has 12 heterocycles. The molecule has 558 valence electrons. The molecule has 0 amide bonds. The topological polar surface area (TPSA) is 208 Å². The van der Waals surface area contributed by atoms with Gasteiger partial charge in [0.15, 0.2) is 0 Å². The number of nitrogens with zero attached hydrogens (tertiary/aromatic N) is 18. The molecule has 15 aromatic rings. The summed E-state index contributed by atoms with van der Waals surface area (Å²) in [5.41, 5.74) is 25.7. The normalized spacial score (nSPS) is 12.2. The van der Waals surface area contributed by atoms with Crippen LogP contribution in [0.25, 0.3) is 87.9 Å². The van der Waals surface area contributed by atoms with Gasteiger partial charge in [0, 0.05) is 106 Å². The average molecular weight is 1430 g/mol. The maximum absolute atomic E-state index is 4.62. The van der Waals surface area contributed by atoms with Gasteiger partial charge in [0.05, 0.1) is 74.4 Å². The number of imidazole rings is 1. The standard InChI is InChI=1S/C15H17N3.2C13H16N2.C12H17N3.2C12H15N3.C12H16N2/c1-15(2,3)10-5-6-12-11(7-10)14-13(8-16-12)17-9-18(14)4;1-9-11-7-10(13(2,3)4)5-6-12(11)15-8-14-9;1-9-8-14-11-6-5-10(13(2,3)4)7-12(11)15-9;1-8-10-9(12(2,3)4)6-15(5)11(10)14-7-13-8;1-8-9-5-11(12(2,3)4)13-6-10(9)15-7-14-8;1-8-11-9(14-7-13-8)5-6-10(15-11)12(2,3)4;1-12(2,3)10-8-14(4)11-9(10)6-5-7-13-11/h5-9H,1-4H3;2*5-8H,1-4H3;6-7H,1-5H3;2*5-7H,1-4H3;5-8H,1-4H3. The van der Waals surface area contributed by atoms with Crippen molar-refractivity contribution in [2.45, 2.75) is 218 Å². The Labute approximate surface area is 633 Å². The van der Waals surface area contributed by atoms with E-state index in [4.69, 9.17) is 0 Å². The van der Waals surface area contributed by atoms with E-state index in [1.54, 1.807) is 31.5 Å². The largest absolute Gasteiger partial charge is 0.335 e. The summed E-state index contributed by atoms with van der Waals surface area (Å²) in [6.07, 6.45) is 19.9. The van der Waals surface area contributed by atoms with Crippen molar-refractivity contribution in [3.8, 4) is 0 Å². The Morgan fingerprint density at radius 1 is 0.299 bits per heavy atom. The fraction of sp³-hybridized carbons (Fsp3) is 0.404. The second-order valence-electron chi connectivity index (χ2n) is 35.1. The lowest BCUT2D eigenvalue weighted by Gasteiger charge is -2.19. The first-order valence-electron chi connectivity index (χ1n) is 36.8. The van der Waals surface area contributed by atoms with Crippen molar-refractivity contribution < 1.29 is 0 Å². The van der Waals surface area contributed by atoms with Gasteiger partial charge in [-0.1, -0.05) is 164 Å². The first-order valence-corrected chi connectivity index (χ1v) is 36.8. The third kappa shape index (κ3) is 19.6. The van der Waals surface area contributed by atoms with Gasteiger partial charge < -0.3 is 13.7 Å². The van der Waals surface area contributed by atoms with Crippen LogP contribution in [0.1, 0.15) is 213 Å². The van der Waals surface area contributed by atoms with Gasteiger partial charge in [-0.15, -0.1) is 0 Å². The Morgan fingerprint density at radius 2 is 0.776 bits per heavy atom. The molecule has 3 aromatic carbocycles. The number of aryl methyl sites for hydroxylation is 8. The number of hydrogen-bond donors (Lipinski definition) is 0. The fourth-order valence-corrected chi connectivity index (χ4v) is 12.2. The second kappa shape index (κ2) is 31.5. The third-order valence-electron chi connectivity index (χ3n) is 18.9. The quantitative estimate of drug-likeness (QED) is 0.138. The monoisotopic (exact) mass is 1430 g/mol. The summed E-state index contributed by atoms with van der Waals surface area (Å²) < 4.78 is 6.23. The van der Waals surface area contributed by atoms with Crippen molar-refractivity contribution in [3.63, 3.8) is 0 Å². The van der Waals surface area contributed by atoms with E-state index in [0.717, 1.165) is 112 Å². The van der Waals surface area contributed by atoms with E-state index in [0.29, 0.717) is 0 Å². The molecular formula is C89H112N18. The molecule has 0 aliphatic rings. The van der Waals surface area contributed by atoms with Crippen LogP contribution in [0.3, 0.4) is 0 Å². The Bertz CT molecular complexity index is 5410. The van der Waals surface area contributed by atoms with E-state index in [9.17, 15) is 0 Å². The zero-order valence-corrected chi connectivity index (χ0v) is 69.0. The second-order valence-corrected chi connectivity index (χ2v) is 35.1. The number of fused-ring (bicyclic) bond motifs is 9. The highest BCUT2D eigenvalue weighted by Crippen LogP contribution is 2.35. The molecule has 107 heavy (non-hydrogen) atoms. The highest BCUT2D eigenvalue weighted by Gasteiger charge is 2.24. The average Bonchev–Trinajstić information content (AvgIpc) is 1.67. The van der Waals surface area contributed by atoms with E-state index < -0.39 is 0 Å². The van der Waals surface area contributed by atoms with Gasteiger partial charge in [-0.05, 0) is 156 Å². The van der Waals surface area contributed by atoms with Crippen molar-refractivity contribution in [1.29, 1.82) is 0 Å². The van der Waals surface area contributed by atoms with Crippen molar-refractivity contribution in [3.05, 3.63) is 221 Å². The molecule has 0 spiro atoms. The predicted molar refractivity (Wildman–Crippen MR) is 444 cm³/mol. The summed E-state index contributed by atoms with van der Waals surface area (Å²) in [6, 6.07) is 29.5. The number of pyridine rings is 4. The highest BCUT2D eigenvalue weighted by molar-refractivity contribution is 6.02. The summed E-state index contributed by atoms with van der Waals surface area (Å²) in [6.45, 7) is 56.2.